The molecule has 1 atom stereocenters. The molecule has 8 heteroatoms. The van der Waals surface area contributed by atoms with Crippen LogP contribution in [0.5, 0.6) is 0 Å². The predicted octanol–water partition coefficient (Wildman–Crippen LogP) is -2.75. The maximum atomic E-state index is 8.49. The smallest absolute Gasteiger partial charge is 0.222 e. The normalized spacial score (nSPS) is 18.7. The number of nitrogens with zero attached hydrogens (tertiary/aromatic N) is 2. The zero-order valence-corrected chi connectivity index (χ0v) is 11.8. The molecule has 6 nitrogen and oxygen atoms in total. The highest BCUT2D eigenvalue weighted by atomic mass is 35.7. The lowest BCUT2D eigenvalue weighted by Gasteiger charge is -2.17. The lowest BCUT2D eigenvalue weighted by molar-refractivity contribution is -2.00. The first kappa shape index (κ1) is 14.6. The number of halogens is 1. The molecule has 0 amide bonds. The number of hydrogen-bond donors (Lipinski definition) is 0. The highest BCUT2D eigenvalue weighted by Crippen LogP contribution is 2.22. The largest absolute Gasteiger partial charge is 0.387 e. The van der Waals surface area contributed by atoms with Gasteiger partial charge < -0.3 is 0 Å². The van der Waals surface area contributed by atoms with Gasteiger partial charge >= 0.3 is 4.96 Å². The van der Waals surface area contributed by atoms with Gasteiger partial charge in [0.1, 0.15) is 18.1 Å². The summed E-state index contributed by atoms with van der Waals surface area (Å²) >= 11 is 1.71. The van der Waals surface area contributed by atoms with Gasteiger partial charge in [0.25, 0.3) is 0 Å². The lowest BCUT2D eigenvalue weighted by atomic mass is 9.89. The quantitative estimate of drug-likeness (QED) is 0.490. The van der Waals surface area contributed by atoms with E-state index in [9.17, 15) is 0 Å². The molecule has 1 unspecified atom stereocenters. The molecule has 2 heterocycles. The van der Waals surface area contributed by atoms with Crippen molar-refractivity contribution in [3.05, 3.63) is 29.0 Å². The Morgan fingerprint density at radius 2 is 2.05 bits per heavy atom. The van der Waals surface area contributed by atoms with E-state index in [4.69, 9.17) is 18.6 Å². The lowest BCUT2D eigenvalue weighted by Crippen LogP contribution is -2.68. The molecule has 19 heavy (non-hydrogen) atoms. The molecule has 0 fully saturated rings. The third-order valence-electron chi connectivity index (χ3n) is 3.02. The SMILES string of the molecule is CC1CCc2c(cnc3scc[n+]23)C1.[O-][Cl+3]([O-])([O-])[O-]. The van der Waals surface area contributed by atoms with Crippen LogP contribution in [-0.2, 0) is 12.8 Å². The maximum Gasteiger partial charge on any atom is 0.387 e. The zero-order valence-electron chi connectivity index (χ0n) is 10.2. The second-order valence-electron chi connectivity index (χ2n) is 4.51. The summed E-state index contributed by atoms with van der Waals surface area (Å²) in [6.45, 7) is 2.32. The molecule has 0 bridgehead atoms. The highest BCUT2D eigenvalue weighted by Gasteiger charge is 2.22. The molecule has 0 spiro atoms. The first-order valence-electron chi connectivity index (χ1n) is 5.72. The van der Waals surface area contributed by atoms with Gasteiger partial charge in [-0.05, 0) is 23.7 Å². The number of hydrogen-bond acceptors (Lipinski definition) is 6. The Hall–Kier alpha value is -0.830. The number of rotatable bonds is 0. The fourth-order valence-corrected chi connectivity index (χ4v) is 2.95. The maximum absolute atomic E-state index is 8.49. The summed E-state index contributed by atoms with van der Waals surface area (Å²) in [6, 6.07) is 0. The van der Waals surface area contributed by atoms with Crippen molar-refractivity contribution in [1.29, 1.82) is 0 Å². The van der Waals surface area contributed by atoms with Gasteiger partial charge in [-0.1, -0.05) is 18.3 Å². The number of thiazole rings is 1. The Balaban J connectivity index is 0.000000232. The molecule has 1 aliphatic rings. The summed E-state index contributed by atoms with van der Waals surface area (Å²) in [4.78, 5) is 5.59. The van der Waals surface area contributed by atoms with Crippen LogP contribution in [0.3, 0.4) is 0 Å². The summed E-state index contributed by atoms with van der Waals surface area (Å²) in [5, 5.41) is 2.11. The molecule has 0 radical (unpaired) electrons. The van der Waals surface area contributed by atoms with E-state index in [1.807, 2.05) is 0 Å². The van der Waals surface area contributed by atoms with E-state index >= 15 is 0 Å². The van der Waals surface area contributed by atoms with Crippen molar-refractivity contribution >= 4 is 16.3 Å². The molecule has 2 aromatic heterocycles. The average molecular weight is 305 g/mol. The van der Waals surface area contributed by atoms with E-state index in [2.05, 4.69) is 34.1 Å². The van der Waals surface area contributed by atoms with Crippen molar-refractivity contribution in [2.24, 2.45) is 5.92 Å². The Labute approximate surface area is 116 Å². The Morgan fingerprint density at radius 3 is 2.74 bits per heavy atom. The second-order valence-corrected chi connectivity index (χ2v) is 6.14. The minimum Gasteiger partial charge on any atom is -0.222 e. The molecule has 3 rings (SSSR count). The van der Waals surface area contributed by atoms with E-state index in [1.165, 1.54) is 30.5 Å². The van der Waals surface area contributed by atoms with E-state index in [-0.39, 0.29) is 0 Å². The van der Waals surface area contributed by atoms with Crippen molar-refractivity contribution < 1.29 is 33.3 Å². The minimum atomic E-state index is -4.94. The van der Waals surface area contributed by atoms with Crippen LogP contribution in [0.25, 0.3) is 4.96 Å². The van der Waals surface area contributed by atoms with Crippen LogP contribution in [0.1, 0.15) is 24.6 Å². The van der Waals surface area contributed by atoms with E-state index in [0.717, 1.165) is 10.9 Å². The third-order valence-corrected chi connectivity index (χ3v) is 3.79. The van der Waals surface area contributed by atoms with Gasteiger partial charge in [0.05, 0.1) is 0 Å². The van der Waals surface area contributed by atoms with Gasteiger partial charge in [0, 0.05) is 17.4 Å². The number of aromatic nitrogens is 2. The molecular formula is C11H13ClN2O4S. The first-order chi connectivity index (χ1) is 8.84. The van der Waals surface area contributed by atoms with Crippen molar-refractivity contribution in [2.75, 3.05) is 0 Å². The fourth-order valence-electron chi connectivity index (χ4n) is 2.25. The van der Waals surface area contributed by atoms with Crippen LogP contribution in [0.15, 0.2) is 17.8 Å². The van der Waals surface area contributed by atoms with Crippen molar-refractivity contribution in [2.45, 2.75) is 26.2 Å². The summed E-state index contributed by atoms with van der Waals surface area (Å²) in [5.74, 6) is 0.820. The van der Waals surface area contributed by atoms with Crippen molar-refractivity contribution in [1.82, 2.24) is 4.98 Å². The van der Waals surface area contributed by atoms with Gasteiger partial charge in [-0.3, -0.25) is 0 Å². The van der Waals surface area contributed by atoms with Gasteiger partial charge in [-0.15, -0.1) is 10.2 Å². The Kier molecular flexibility index (Phi) is 4.34. The standard InChI is InChI=1S/C11H13N2S.ClHO4/c1-8-2-3-10-9(6-8)7-12-11-13(10)4-5-14-11;2-1(3,4)5/h4-5,7-8H,2-3,6H2,1H3;(H,2,3,4,5)/q+1;/p-1. The van der Waals surface area contributed by atoms with E-state index in [0.29, 0.717) is 0 Å². The molecule has 2 aromatic rings. The van der Waals surface area contributed by atoms with Gasteiger partial charge in [0.2, 0.25) is 0 Å². The van der Waals surface area contributed by atoms with Gasteiger partial charge in [-0.2, -0.15) is 4.40 Å². The monoisotopic (exact) mass is 304 g/mol. The minimum absolute atomic E-state index is 0.820. The van der Waals surface area contributed by atoms with E-state index in [1.54, 1.807) is 11.3 Å². The molecule has 0 saturated carbocycles. The van der Waals surface area contributed by atoms with Crippen LogP contribution < -0.4 is 23.0 Å². The second kappa shape index (κ2) is 5.66. The Morgan fingerprint density at radius 1 is 1.37 bits per heavy atom. The fraction of sp³-hybridized carbons (Fsp3) is 0.455. The summed E-state index contributed by atoms with van der Waals surface area (Å²) < 4.78 is 36.2. The summed E-state index contributed by atoms with van der Waals surface area (Å²) in [6.07, 6.45) is 7.92. The van der Waals surface area contributed by atoms with Crippen LogP contribution in [0.2, 0.25) is 0 Å². The summed E-state index contributed by atoms with van der Waals surface area (Å²) in [7, 11) is -4.94. The molecule has 0 aromatic carbocycles. The molecular weight excluding hydrogens is 292 g/mol. The summed E-state index contributed by atoms with van der Waals surface area (Å²) in [5.41, 5.74) is 2.93. The number of aryl methyl sites for hydroxylation is 1. The first-order valence-corrected chi connectivity index (χ1v) is 7.83. The molecule has 104 valence electrons. The van der Waals surface area contributed by atoms with Crippen LogP contribution in [0.4, 0.5) is 0 Å². The zero-order chi connectivity index (χ0) is 14.0. The molecule has 0 aliphatic heterocycles. The number of fused-ring (bicyclic) bond motifs is 3. The van der Waals surface area contributed by atoms with Crippen LogP contribution in [0, 0.1) is 16.2 Å². The van der Waals surface area contributed by atoms with E-state index < -0.39 is 10.2 Å². The molecule has 0 N–H and O–H groups in total. The van der Waals surface area contributed by atoms with Gasteiger partial charge in [0.15, 0.2) is 0 Å². The van der Waals surface area contributed by atoms with Crippen molar-refractivity contribution in [3.63, 3.8) is 0 Å². The van der Waals surface area contributed by atoms with Crippen LogP contribution in [-0.4, -0.2) is 4.98 Å². The molecule has 1 aliphatic carbocycles. The van der Waals surface area contributed by atoms with Crippen LogP contribution >= 0.6 is 11.3 Å². The van der Waals surface area contributed by atoms with Gasteiger partial charge in [-0.25, -0.2) is 18.6 Å². The van der Waals surface area contributed by atoms with Crippen molar-refractivity contribution in [3.8, 4) is 0 Å². The topological polar surface area (TPSA) is 109 Å². The third kappa shape index (κ3) is 4.07. The highest BCUT2D eigenvalue weighted by molar-refractivity contribution is 7.14. The predicted molar refractivity (Wildman–Crippen MR) is 56.5 cm³/mol. The molecule has 0 saturated heterocycles. The average Bonchev–Trinajstić information content (AvgIpc) is 2.74. The Bertz CT molecular complexity index is 563.